The molecule has 17 heavy (non-hydrogen) atoms. The van der Waals surface area contributed by atoms with Crippen LogP contribution in [0.3, 0.4) is 0 Å². The predicted molar refractivity (Wildman–Crippen MR) is 58.1 cm³/mol. The largest absolute Gasteiger partial charge is 0.481 e. The molecule has 92 valence electrons. The molecule has 0 aliphatic rings. The van der Waals surface area contributed by atoms with Crippen LogP contribution in [0.4, 0.5) is 11.4 Å². The number of hydrogen-bond acceptors (Lipinski definition) is 5. The molecule has 1 rings (SSSR count). The van der Waals surface area contributed by atoms with Crippen LogP contribution in [0.15, 0.2) is 18.2 Å². The van der Waals surface area contributed by atoms with Gasteiger partial charge in [-0.3, -0.25) is 25.0 Å². The van der Waals surface area contributed by atoms with Gasteiger partial charge in [0.1, 0.15) is 0 Å². The Bertz CT molecular complexity index is 425. The molecule has 0 amide bonds. The van der Waals surface area contributed by atoms with E-state index in [2.05, 4.69) is 0 Å². The highest BCUT2D eigenvalue weighted by molar-refractivity contribution is 6.31. The average Bonchev–Trinajstić information content (AvgIpc) is 2.15. The van der Waals surface area contributed by atoms with Gasteiger partial charge in [0, 0.05) is 19.1 Å². The zero-order chi connectivity index (χ0) is 13.6. The molecule has 0 radical (unpaired) electrons. The van der Waals surface area contributed by atoms with Gasteiger partial charge in [-0.1, -0.05) is 11.6 Å². The second kappa shape index (κ2) is 6.38. The van der Waals surface area contributed by atoms with Gasteiger partial charge < -0.3 is 5.11 Å². The minimum atomic E-state index is -0.833. The first kappa shape index (κ1) is 14.8. The molecule has 0 aliphatic heterocycles. The molecule has 9 heteroatoms. The normalized spacial score (nSPS) is 8.82. The third-order valence-electron chi connectivity index (χ3n) is 1.29. The fraction of sp³-hybridized carbons (Fsp3) is 0.125. The molecule has 0 atom stereocenters. The number of carboxylic acids is 1. The zero-order valence-corrected chi connectivity index (χ0v) is 9.25. The predicted octanol–water partition coefficient (Wildman–Crippen LogP) is 2.25. The first-order chi connectivity index (χ1) is 7.73. The number of non-ortho nitro benzene ring substituents is 2. The van der Waals surface area contributed by atoms with Crippen molar-refractivity contribution in [3.8, 4) is 0 Å². The summed E-state index contributed by atoms with van der Waals surface area (Å²) in [6, 6.07) is 2.95. The number of halogens is 1. The molecule has 0 fully saturated rings. The summed E-state index contributed by atoms with van der Waals surface area (Å²) >= 11 is 5.43. The van der Waals surface area contributed by atoms with Crippen LogP contribution in [0.5, 0.6) is 0 Å². The number of nitro groups is 2. The minimum absolute atomic E-state index is 0.0269. The van der Waals surface area contributed by atoms with Crippen molar-refractivity contribution in [1.82, 2.24) is 0 Å². The number of carboxylic acid groups (broad SMARTS) is 1. The number of nitrogens with zero attached hydrogens (tertiary/aromatic N) is 2. The van der Waals surface area contributed by atoms with E-state index < -0.39 is 15.8 Å². The second-order valence-electron chi connectivity index (χ2n) is 2.70. The van der Waals surface area contributed by atoms with E-state index in [1.807, 2.05) is 0 Å². The molecule has 0 saturated carbocycles. The van der Waals surface area contributed by atoms with E-state index in [0.717, 1.165) is 25.1 Å². The molecule has 1 aromatic carbocycles. The van der Waals surface area contributed by atoms with Crippen LogP contribution < -0.4 is 0 Å². The Kier molecular flexibility index (Phi) is 5.55. The van der Waals surface area contributed by atoms with Gasteiger partial charge in [0.2, 0.25) is 0 Å². The summed E-state index contributed by atoms with van der Waals surface area (Å²) in [5.41, 5.74) is -0.779. The summed E-state index contributed by atoms with van der Waals surface area (Å²) < 4.78 is 0. The van der Waals surface area contributed by atoms with Gasteiger partial charge in [-0.2, -0.15) is 0 Å². The molecule has 0 aliphatic carbocycles. The second-order valence-corrected chi connectivity index (χ2v) is 3.14. The van der Waals surface area contributed by atoms with Crippen LogP contribution in [-0.2, 0) is 4.79 Å². The minimum Gasteiger partial charge on any atom is -0.481 e. The van der Waals surface area contributed by atoms with Crippen molar-refractivity contribution in [2.24, 2.45) is 0 Å². The monoisotopic (exact) mass is 262 g/mol. The molecule has 0 bridgehead atoms. The summed E-state index contributed by atoms with van der Waals surface area (Å²) in [6.45, 7) is 1.08. The standard InChI is InChI=1S/C6H3ClN2O4.C2H4O2/c7-4-1-5(8(10)11)3-6(2-4)9(12)13;1-2(3)4/h1-3H;1H3,(H,3,4). The highest BCUT2D eigenvalue weighted by Gasteiger charge is 2.15. The van der Waals surface area contributed by atoms with Crippen LogP contribution >= 0.6 is 11.6 Å². The maximum absolute atomic E-state index is 10.3. The molecular weight excluding hydrogens is 256 g/mol. The lowest BCUT2D eigenvalue weighted by atomic mass is 10.3. The van der Waals surface area contributed by atoms with Crippen molar-refractivity contribution in [3.05, 3.63) is 43.5 Å². The van der Waals surface area contributed by atoms with Crippen molar-refractivity contribution in [1.29, 1.82) is 0 Å². The van der Waals surface area contributed by atoms with Crippen molar-refractivity contribution in [2.45, 2.75) is 6.92 Å². The van der Waals surface area contributed by atoms with E-state index in [1.165, 1.54) is 0 Å². The van der Waals surface area contributed by atoms with E-state index in [9.17, 15) is 20.2 Å². The van der Waals surface area contributed by atoms with Gasteiger partial charge in [0.15, 0.2) is 0 Å². The third-order valence-corrected chi connectivity index (χ3v) is 1.51. The Morgan fingerprint density at radius 2 is 1.47 bits per heavy atom. The molecule has 0 saturated heterocycles. The summed E-state index contributed by atoms with van der Waals surface area (Å²) in [4.78, 5) is 28.0. The molecule has 0 unspecified atom stereocenters. The molecule has 0 heterocycles. The van der Waals surface area contributed by atoms with Crippen LogP contribution in [-0.4, -0.2) is 20.9 Å². The van der Waals surface area contributed by atoms with Gasteiger partial charge in [0.25, 0.3) is 17.3 Å². The highest BCUT2D eigenvalue weighted by Crippen LogP contribution is 2.25. The molecule has 8 nitrogen and oxygen atoms in total. The first-order valence-electron chi connectivity index (χ1n) is 4.03. The Morgan fingerprint density at radius 1 is 1.18 bits per heavy atom. The van der Waals surface area contributed by atoms with E-state index in [1.54, 1.807) is 0 Å². The van der Waals surface area contributed by atoms with Gasteiger partial charge in [-0.25, -0.2) is 0 Å². The molecular formula is C8H7ClN2O6. The summed E-state index contributed by atoms with van der Waals surface area (Å²) in [5.74, 6) is -0.833. The van der Waals surface area contributed by atoms with Gasteiger partial charge in [0.05, 0.1) is 20.9 Å². The van der Waals surface area contributed by atoms with Gasteiger partial charge >= 0.3 is 0 Å². The average molecular weight is 263 g/mol. The Morgan fingerprint density at radius 3 is 1.71 bits per heavy atom. The maximum Gasteiger partial charge on any atom is 0.300 e. The maximum atomic E-state index is 10.3. The topological polar surface area (TPSA) is 124 Å². The first-order valence-corrected chi connectivity index (χ1v) is 4.40. The quantitative estimate of drug-likeness (QED) is 0.644. The highest BCUT2D eigenvalue weighted by atomic mass is 35.5. The van der Waals surface area contributed by atoms with Gasteiger partial charge in [-0.15, -0.1) is 0 Å². The van der Waals surface area contributed by atoms with E-state index in [4.69, 9.17) is 21.5 Å². The van der Waals surface area contributed by atoms with Crippen molar-refractivity contribution in [2.75, 3.05) is 0 Å². The van der Waals surface area contributed by atoms with Crippen LogP contribution in [0, 0.1) is 20.2 Å². The number of benzene rings is 1. The lowest BCUT2D eigenvalue weighted by molar-refractivity contribution is -0.394. The number of rotatable bonds is 2. The van der Waals surface area contributed by atoms with Crippen LogP contribution in [0.1, 0.15) is 6.92 Å². The SMILES string of the molecule is CC(=O)O.O=[N+]([O-])c1cc(Cl)cc([N+](=O)[O-])c1. The van der Waals surface area contributed by atoms with Crippen molar-refractivity contribution < 1.29 is 19.7 Å². The van der Waals surface area contributed by atoms with Crippen LogP contribution in [0.25, 0.3) is 0 Å². The van der Waals surface area contributed by atoms with E-state index in [0.29, 0.717) is 0 Å². The lowest BCUT2D eigenvalue weighted by Gasteiger charge is -1.93. The fourth-order valence-electron chi connectivity index (χ4n) is 0.770. The van der Waals surface area contributed by atoms with E-state index in [-0.39, 0.29) is 16.4 Å². The number of nitro benzene ring substituents is 2. The molecule has 1 aromatic rings. The number of carbonyl (C=O) groups is 1. The number of aliphatic carboxylic acids is 1. The van der Waals surface area contributed by atoms with Gasteiger partial charge in [-0.05, 0) is 0 Å². The molecule has 1 N–H and O–H groups in total. The Labute approximate surface area is 99.7 Å². The summed E-state index contributed by atoms with van der Waals surface area (Å²) in [7, 11) is 0. The summed E-state index contributed by atoms with van der Waals surface area (Å²) in [5, 5.41) is 27.9. The fourth-order valence-corrected chi connectivity index (χ4v) is 0.993. The van der Waals surface area contributed by atoms with Crippen molar-refractivity contribution >= 4 is 28.9 Å². The molecule has 0 spiro atoms. The molecule has 0 aromatic heterocycles. The van der Waals surface area contributed by atoms with Crippen molar-refractivity contribution in [3.63, 3.8) is 0 Å². The smallest absolute Gasteiger partial charge is 0.300 e. The third kappa shape index (κ3) is 6.05. The summed E-state index contributed by atoms with van der Waals surface area (Å²) in [6.07, 6.45) is 0. The zero-order valence-electron chi connectivity index (χ0n) is 8.49. The lowest BCUT2D eigenvalue weighted by Crippen LogP contribution is -1.92. The van der Waals surface area contributed by atoms with E-state index >= 15 is 0 Å². The Balaban J connectivity index is 0.000000557. The van der Waals surface area contributed by atoms with Crippen LogP contribution in [0.2, 0.25) is 5.02 Å². The number of hydrogen-bond donors (Lipinski definition) is 1. The Hall–Kier alpha value is -2.22.